The van der Waals surface area contributed by atoms with Gasteiger partial charge in [-0.3, -0.25) is 0 Å². The Bertz CT molecular complexity index is 697. The molecule has 1 aromatic heterocycles. The standard InChI is InChI=1S/C18H22BrFN2O/c1-4-7-17-21-15(5-2)18(16(23)6-3)22(17)11-12-8-9-13(19)10-14(12)20/h6,8-10,16,23H,3-5,7,11H2,1-2H3. The summed E-state index contributed by atoms with van der Waals surface area (Å²) in [5.41, 5.74) is 2.13. The summed E-state index contributed by atoms with van der Waals surface area (Å²) in [6.07, 6.45) is 3.12. The van der Waals surface area contributed by atoms with Gasteiger partial charge in [-0.2, -0.15) is 0 Å². The third-order valence-corrected chi connectivity index (χ3v) is 4.31. The Balaban J connectivity index is 2.53. The van der Waals surface area contributed by atoms with E-state index in [2.05, 4.69) is 34.4 Å². The van der Waals surface area contributed by atoms with Crippen LogP contribution in [0.25, 0.3) is 0 Å². The zero-order valence-electron chi connectivity index (χ0n) is 13.5. The maximum Gasteiger partial charge on any atom is 0.129 e. The van der Waals surface area contributed by atoms with Crippen molar-refractivity contribution < 1.29 is 9.50 Å². The van der Waals surface area contributed by atoms with E-state index in [-0.39, 0.29) is 5.82 Å². The average molecular weight is 381 g/mol. The number of halogens is 2. The summed E-state index contributed by atoms with van der Waals surface area (Å²) in [5, 5.41) is 10.3. The topological polar surface area (TPSA) is 38.1 Å². The van der Waals surface area contributed by atoms with Gasteiger partial charge in [0.05, 0.1) is 17.9 Å². The fraction of sp³-hybridized carbons (Fsp3) is 0.389. The summed E-state index contributed by atoms with van der Waals surface area (Å²) in [6, 6.07) is 5.03. The third kappa shape index (κ3) is 3.90. The first-order valence-electron chi connectivity index (χ1n) is 7.84. The van der Waals surface area contributed by atoms with Crippen LogP contribution in [0.1, 0.15) is 49.1 Å². The molecule has 1 N–H and O–H groups in total. The Hall–Kier alpha value is -1.46. The predicted molar refractivity (Wildman–Crippen MR) is 94.0 cm³/mol. The highest BCUT2D eigenvalue weighted by Crippen LogP contribution is 2.25. The summed E-state index contributed by atoms with van der Waals surface area (Å²) in [6.45, 7) is 8.10. The van der Waals surface area contributed by atoms with E-state index in [4.69, 9.17) is 0 Å². The van der Waals surface area contributed by atoms with Gasteiger partial charge in [0, 0.05) is 16.5 Å². The Morgan fingerprint density at radius 3 is 2.74 bits per heavy atom. The fourth-order valence-corrected chi connectivity index (χ4v) is 3.01. The maximum atomic E-state index is 14.2. The number of imidazole rings is 1. The van der Waals surface area contributed by atoms with Crippen LogP contribution in [0.15, 0.2) is 35.3 Å². The Morgan fingerprint density at radius 2 is 2.17 bits per heavy atom. The summed E-state index contributed by atoms with van der Waals surface area (Å²) >= 11 is 3.27. The predicted octanol–water partition coefficient (Wildman–Crippen LogP) is 4.57. The van der Waals surface area contributed by atoms with Crippen molar-refractivity contribution in [2.45, 2.75) is 45.8 Å². The summed E-state index contributed by atoms with van der Waals surface area (Å²) in [5.74, 6) is 0.607. The number of nitrogens with zero attached hydrogens (tertiary/aromatic N) is 2. The lowest BCUT2D eigenvalue weighted by Crippen LogP contribution is -2.13. The Kier molecular flexibility index (Phi) is 6.13. The Labute approximate surface area is 145 Å². The van der Waals surface area contributed by atoms with Gasteiger partial charge in [-0.1, -0.05) is 41.9 Å². The highest BCUT2D eigenvalue weighted by atomic mass is 79.9. The van der Waals surface area contributed by atoms with E-state index in [0.717, 1.165) is 24.4 Å². The van der Waals surface area contributed by atoms with Crippen molar-refractivity contribution in [2.75, 3.05) is 0 Å². The van der Waals surface area contributed by atoms with Crippen LogP contribution in [0.5, 0.6) is 0 Å². The van der Waals surface area contributed by atoms with E-state index in [1.165, 1.54) is 12.1 Å². The molecule has 2 rings (SSSR count). The van der Waals surface area contributed by atoms with Crippen LogP contribution in [0.3, 0.4) is 0 Å². The van der Waals surface area contributed by atoms with Crippen LogP contribution in [-0.4, -0.2) is 14.7 Å². The molecule has 2 aromatic rings. The zero-order valence-corrected chi connectivity index (χ0v) is 15.1. The van der Waals surface area contributed by atoms with Crippen LogP contribution in [0, 0.1) is 5.82 Å². The first-order valence-corrected chi connectivity index (χ1v) is 8.63. The van der Waals surface area contributed by atoms with E-state index in [0.29, 0.717) is 28.7 Å². The molecular weight excluding hydrogens is 359 g/mol. The quantitative estimate of drug-likeness (QED) is 0.714. The molecule has 1 heterocycles. The maximum absolute atomic E-state index is 14.2. The molecule has 1 aromatic carbocycles. The number of hydrogen-bond donors (Lipinski definition) is 1. The van der Waals surface area contributed by atoms with E-state index in [1.54, 1.807) is 6.07 Å². The number of rotatable bonds is 7. The number of hydrogen-bond acceptors (Lipinski definition) is 2. The number of aliphatic hydroxyl groups is 1. The second kappa shape index (κ2) is 7.88. The van der Waals surface area contributed by atoms with Crippen LogP contribution in [-0.2, 0) is 19.4 Å². The van der Waals surface area contributed by atoms with Crippen molar-refractivity contribution in [1.82, 2.24) is 9.55 Å². The van der Waals surface area contributed by atoms with Gasteiger partial charge in [0.1, 0.15) is 17.7 Å². The van der Waals surface area contributed by atoms with Crippen LogP contribution >= 0.6 is 15.9 Å². The molecule has 1 atom stereocenters. The molecule has 5 heteroatoms. The highest BCUT2D eigenvalue weighted by molar-refractivity contribution is 9.10. The average Bonchev–Trinajstić information content (AvgIpc) is 2.87. The molecule has 0 spiro atoms. The summed E-state index contributed by atoms with van der Waals surface area (Å²) in [7, 11) is 0. The van der Waals surface area contributed by atoms with E-state index >= 15 is 0 Å². The van der Waals surface area contributed by atoms with Crippen LogP contribution < -0.4 is 0 Å². The number of aliphatic hydroxyl groups excluding tert-OH is 1. The SMILES string of the molecule is C=CC(O)c1c(CC)nc(CCC)n1Cc1ccc(Br)cc1F. The first kappa shape index (κ1) is 17.9. The molecule has 0 bridgehead atoms. The molecule has 0 fully saturated rings. The summed E-state index contributed by atoms with van der Waals surface area (Å²) in [4.78, 5) is 4.65. The van der Waals surface area contributed by atoms with Gasteiger partial charge < -0.3 is 9.67 Å². The monoisotopic (exact) mass is 380 g/mol. The molecule has 0 aliphatic carbocycles. The lowest BCUT2D eigenvalue weighted by Gasteiger charge is -2.15. The van der Waals surface area contributed by atoms with Crippen molar-refractivity contribution in [3.05, 3.63) is 63.9 Å². The first-order chi connectivity index (χ1) is 11.0. The molecule has 3 nitrogen and oxygen atoms in total. The minimum atomic E-state index is -0.804. The molecule has 0 saturated heterocycles. The van der Waals surface area contributed by atoms with Gasteiger partial charge in [-0.25, -0.2) is 9.37 Å². The molecule has 0 amide bonds. The smallest absolute Gasteiger partial charge is 0.129 e. The number of benzene rings is 1. The molecule has 1 unspecified atom stereocenters. The summed E-state index contributed by atoms with van der Waals surface area (Å²) < 4.78 is 16.8. The van der Waals surface area contributed by atoms with Crippen molar-refractivity contribution in [3.63, 3.8) is 0 Å². The molecular formula is C18H22BrFN2O. The number of aromatic nitrogens is 2. The van der Waals surface area contributed by atoms with E-state index in [1.807, 2.05) is 17.6 Å². The van der Waals surface area contributed by atoms with Gasteiger partial charge in [-0.05, 0) is 25.0 Å². The van der Waals surface area contributed by atoms with Crippen molar-refractivity contribution >= 4 is 15.9 Å². The molecule has 0 radical (unpaired) electrons. The van der Waals surface area contributed by atoms with Gasteiger partial charge >= 0.3 is 0 Å². The fourth-order valence-electron chi connectivity index (χ4n) is 2.68. The molecule has 124 valence electrons. The molecule has 0 aliphatic rings. The van der Waals surface area contributed by atoms with Gasteiger partial charge in [0.2, 0.25) is 0 Å². The Morgan fingerprint density at radius 1 is 1.43 bits per heavy atom. The highest BCUT2D eigenvalue weighted by Gasteiger charge is 2.21. The number of aryl methyl sites for hydroxylation is 2. The second-order valence-corrected chi connectivity index (χ2v) is 6.38. The molecule has 0 saturated carbocycles. The molecule has 0 aliphatic heterocycles. The van der Waals surface area contributed by atoms with Gasteiger partial charge in [-0.15, -0.1) is 6.58 Å². The van der Waals surface area contributed by atoms with E-state index < -0.39 is 6.10 Å². The normalized spacial score (nSPS) is 12.4. The van der Waals surface area contributed by atoms with Crippen LogP contribution in [0.4, 0.5) is 4.39 Å². The van der Waals surface area contributed by atoms with Gasteiger partial charge in [0.25, 0.3) is 0 Å². The van der Waals surface area contributed by atoms with Crippen molar-refractivity contribution in [3.8, 4) is 0 Å². The lowest BCUT2D eigenvalue weighted by molar-refractivity contribution is 0.217. The van der Waals surface area contributed by atoms with Crippen molar-refractivity contribution in [1.29, 1.82) is 0 Å². The largest absolute Gasteiger partial charge is 0.383 e. The van der Waals surface area contributed by atoms with Crippen LogP contribution in [0.2, 0.25) is 0 Å². The third-order valence-electron chi connectivity index (χ3n) is 3.82. The van der Waals surface area contributed by atoms with Gasteiger partial charge in [0.15, 0.2) is 0 Å². The molecule has 23 heavy (non-hydrogen) atoms. The van der Waals surface area contributed by atoms with E-state index in [9.17, 15) is 9.50 Å². The van der Waals surface area contributed by atoms with Crippen molar-refractivity contribution in [2.24, 2.45) is 0 Å². The second-order valence-electron chi connectivity index (χ2n) is 5.47. The zero-order chi connectivity index (χ0) is 17.0. The lowest BCUT2D eigenvalue weighted by atomic mass is 10.1. The minimum absolute atomic E-state index is 0.271. The minimum Gasteiger partial charge on any atom is -0.383 e.